The van der Waals surface area contributed by atoms with E-state index < -0.39 is 0 Å². The van der Waals surface area contributed by atoms with E-state index in [9.17, 15) is 4.79 Å². The standard InChI is InChI=1S/C15H14BrClN2O/c1-9-6-13(18)14(8-12(9)17)19-15(20)7-10-2-4-11(16)5-3-10/h2-6,8H,7,18H2,1H3,(H,19,20). The Morgan fingerprint density at radius 3 is 2.60 bits per heavy atom. The van der Waals surface area contributed by atoms with Crippen LogP contribution in [0.4, 0.5) is 11.4 Å². The van der Waals surface area contributed by atoms with Crippen LogP contribution in [-0.4, -0.2) is 5.91 Å². The van der Waals surface area contributed by atoms with E-state index in [4.69, 9.17) is 17.3 Å². The number of halogens is 2. The summed E-state index contributed by atoms with van der Waals surface area (Å²) in [5, 5.41) is 3.36. The quantitative estimate of drug-likeness (QED) is 0.814. The molecule has 2 rings (SSSR count). The smallest absolute Gasteiger partial charge is 0.228 e. The van der Waals surface area contributed by atoms with E-state index in [0.29, 0.717) is 16.4 Å². The third-order valence-corrected chi connectivity index (χ3v) is 3.82. The fourth-order valence-electron chi connectivity index (χ4n) is 1.79. The number of benzene rings is 2. The number of carbonyl (C=O) groups is 1. The Hall–Kier alpha value is -1.52. The van der Waals surface area contributed by atoms with Crippen molar-refractivity contribution in [3.05, 3.63) is 57.0 Å². The second-order valence-corrected chi connectivity index (χ2v) is 5.86. The van der Waals surface area contributed by atoms with Crippen molar-refractivity contribution in [2.24, 2.45) is 0 Å². The summed E-state index contributed by atoms with van der Waals surface area (Å²) in [6.07, 6.45) is 0.290. The van der Waals surface area contributed by atoms with Crippen LogP contribution in [0.25, 0.3) is 0 Å². The first-order chi connectivity index (χ1) is 9.45. The fraction of sp³-hybridized carbons (Fsp3) is 0.133. The van der Waals surface area contributed by atoms with Crippen LogP contribution < -0.4 is 11.1 Å². The van der Waals surface area contributed by atoms with E-state index in [1.165, 1.54) is 0 Å². The van der Waals surface area contributed by atoms with Gasteiger partial charge in [0.1, 0.15) is 0 Å². The molecular formula is C15H14BrClN2O. The highest BCUT2D eigenvalue weighted by atomic mass is 79.9. The van der Waals surface area contributed by atoms with Gasteiger partial charge in [0.15, 0.2) is 0 Å². The lowest BCUT2D eigenvalue weighted by Gasteiger charge is -2.10. The lowest BCUT2D eigenvalue weighted by Crippen LogP contribution is -2.15. The molecule has 20 heavy (non-hydrogen) atoms. The minimum absolute atomic E-state index is 0.126. The maximum absolute atomic E-state index is 12.0. The summed E-state index contributed by atoms with van der Waals surface area (Å²) in [6, 6.07) is 11.0. The van der Waals surface area contributed by atoms with Crippen molar-refractivity contribution in [2.75, 3.05) is 11.1 Å². The van der Waals surface area contributed by atoms with Crippen LogP contribution in [0.5, 0.6) is 0 Å². The summed E-state index contributed by atoms with van der Waals surface area (Å²) in [5.41, 5.74) is 8.74. The SMILES string of the molecule is Cc1cc(N)c(NC(=O)Cc2ccc(Br)cc2)cc1Cl. The highest BCUT2D eigenvalue weighted by Crippen LogP contribution is 2.26. The summed E-state index contributed by atoms with van der Waals surface area (Å²) >= 11 is 9.39. The highest BCUT2D eigenvalue weighted by Gasteiger charge is 2.08. The van der Waals surface area contributed by atoms with Crippen LogP contribution in [0.2, 0.25) is 5.02 Å². The van der Waals surface area contributed by atoms with Crippen LogP contribution in [0.1, 0.15) is 11.1 Å². The van der Waals surface area contributed by atoms with Gasteiger partial charge in [-0.15, -0.1) is 0 Å². The molecule has 2 aromatic carbocycles. The summed E-state index contributed by atoms with van der Waals surface area (Å²) in [4.78, 5) is 12.0. The molecule has 1 amide bonds. The summed E-state index contributed by atoms with van der Waals surface area (Å²) in [7, 11) is 0. The first-order valence-electron chi connectivity index (χ1n) is 6.05. The number of aryl methyl sites for hydroxylation is 1. The maximum Gasteiger partial charge on any atom is 0.228 e. The van der Waals surface area contributed by atoms with Crippen molar-refractivity contribution in [3.63, 3.8) is 0 Å². The molecule has 0 bridgehead atoms. The second kappa shape index (κ2) is 6.29. The van der Waals surface area contributed by atoms with Crippen molar-refractivity contribution < 1.29 is 4.79 Å². The Balaban J connectivity index is 2.08. The van der Waals surface area contributed by atoms with Gasteiger partial charge in [-0.05, 0) is 42.3 Å². The van der Waals surface area contributed by atoms with Gasteiger partial charge >= 0.3 is 0 Å². The van der Waals surface area contributed by atoms with Crippen molar-refractivity contribution >= 4 is 44.8 Å². The third-order valence-electron chi connectivity index (χ3n) is 2.88. The Morgan fingerprint density at radius 1 is 1.30 bits per heavy atom. The molecule has 0 heterocycles. The number of amides is 1. The zero-order valence-corrected chi connectivity index (χ0v) is 13.3. The van der Waals surface area contributed by atoms with Crippen LogP contribution >= 0.6 is 27.5 Å². The zero-order chi connectivity index (χ0) is 14.7. The minimum Gasteiger partial charge on any atom is -0.397 e. The lowest BCUT2D eigenvalue weighted by atomic mass is 10.1. The molecular weight excluding hydrogens is 340 g/mol. The highest BCUT2D eigenvalue weighted by molar-refractivity contribution is 9.10. The van der Waals surface area contributed by atoms with Gasteiger partial charge in [0.2, 0.25) is 5.91 Å². The molecule has 0 radical (unpaired) electrons. The topological polar surface area (TPSA) is 55.1 Å². The molecule has 0 aliphatic heterocycles. The predicted octanol–water partition coefficient (Wildman–Crippen LogP) is 4.17. The van der Waals surface area contributed by atoms with Gasteiger partial charge in [0.25, 0.3) is 0 Å². The molecule has 0 aliphatic carbocycles. The number of anilines is 2. The molecule has 0 atom stereocenters. The molecule has 5 heteroatoms. The van der Waals surface area contributed by atoms with Gasteiger partial charge in [0.05, 0.1) is 17.8 Å². The van der Waals surface area contributed by atoms with Crippen LogP contribution in [0, 0.1) is 6.92 Å². The van der Waals surface area contributed by atoms with Gasteiger partial charge in [-0.1, -0.05) is 39.7 Å². The van der Waals surface area contributed by atoms with Gasteiger partial charge in [0, 0.05) is 9.50 Å². The van der Waals surface area contributed by atoms with Crippen molar-refractivity contribution in [2.45, 2.75) is 13.3 Å². The molecule has 0 unspecified atom stereocenters. The number of hydrogen-bond donors (Lipinski definition) is 2. The molecule has 2 aromatic rings. The monoisotopic (exact) mass is 352 g/mol. The summed E-state index contributed by atoms with van der Waals surface area (Å²) < 4.78 is 0.983. The normalized spacial score (nSPS) is 10.3. The lowest BCUT2D eigenvalue weighted by molar-refractivity contribution is -0.115. The molecule has 0 fully saturated rings. The number of nitrogen functional groups attached to an aromatic ring is 1. The first-order valence-corrected chi connectivity index (χ1v) is 7.22. The molecule has 0 spiro atoms. The van der Waals surface area contributed by atoms with Crippen LogP contribution in [0.3, 0.4) is 0 Å². The molecule has 0 aromatic heterocycles. The minimum atomic E-state index is -0.126. The van der Waals surface area contributed by atoms with E-state index in [1.807, 2.05) is 31.2 Å². The number of hydrogen-bond acceptors (Lipinski definition) is 2. The van der Waals surface area contributed by atoms with Crippen LogP contribution in [0.15, 0.2) is 40.9 Å². The number of nitrogens with two attached hydrogens (primary N) is 1. The largest absolute Gasteiger partial charge is 0.397 e. The predicted molar refractivity (Wildman–Crippen MR) is 87.1 cm³/mol. The van der Waals surface area contributed by atoms with Crippen molar-refractivity contribution in [1.82, 2.24) is 0 Å². The van der Waals surface area contributed by atoms with Crippen molar-refractivity contribution in [1.29, 1.82) is 0 Å². The third kappa shape index (κ3) is 3.74. The number of nitrogens with one attached hydrogen (secondary N) is 1. The van der Waals surface area contributed by atoms with E-state index in [0.717, 1.165) is 15.6 Å². The molecule has 0 aliphatic rings. The molecule has 104 valence electrons. The Morgan fingerprint density at radius 2 is 1.95 bits per heavy atom. The average Bonchev–Trinajstić information content (AvgIpc) is 2.39. The first kappa shape index (κ1) is 14.9. The molecule has 0 saturated heterocycles. The summed E-state index contributed by atoms with van der Waals surface area (Å²) in [5.74, 6) is -0.126. The fourth-order valence-corrected chi connectivity index (χ4v) is 2.22. The Kier molecular flexibility index (Phi) is 4.68. The van der Waals surface area contributed by atoms with E-state index in [1.54, 1.807) is 12.1 Å². The zero-order valence-electron chi connectivity index (χ0n) is 10.9. The van der Waals surface area contributed by atoms with E-state index >= 15 is 0 Å². The number of rotatable bonds is 3. The van der Waals surface area contributed by atoms with Gasteiger partial charge in [-0.25, -0.2) is 0 Å². The Labute approximate surface area is 131 Å². The van der Waals surface area contributed by atoms with E-state index in [-0.39, 0.29) is 12.3 Å². The molecule has 0 saturated carbocycles. The maximum atomic E-state index is 12.0. The molecule has 3 N–H and O–H groups in total. The van der Waals surface area contributed by atoms with Crippen LogP contribution in [-0.2, 0) is 11.2 Å². The second-order valence-electron chi connectivity index (χ2n) is 4.54. The molecule has 3 nitrogen and oxygen atoms in total. The average molecular weight is 354 g/mol. The Bertz CT molecular complexity index is 641. The van der Waals surface area contributed by atoms with Crippen molar-refractivity contribution in [3.8, 4) is 0 Å². The summed E-state index contributed by atoms with van der Waals surface area (Å²) in [6.45, 7) is 1.87. The van der Waals surface area contributed by atoms with Gasteiger partial charge in [-0.3, -0.25) is 4.79 Å². The van der Waals surface area contributed by atoms with E-state index in [2.05, 4.69) is 21.2 Å². The van der Waals surface area contributed by atoms with Gasteiger partial charge < -0.3 is 11.1 Å². The van der Waals surface area contributed by atoms with Gasteiger partial charge in [-0.2, -0.15) is 0 Å². The number of carbonyl (C=O) groups excluding carboxylic acids is 1.